The highest BCUT2D eigenvalue weighted by Crippen LogP contribution is 2.36. The zero-order valence-electron chi connectivity index (χ0n) is 19.6. The van der Waals surface area contributed by atoms with Crippen molar-refractivity contribution in [3.63, 3.8) is 0 Å². The quantitative estimate of drug-likeness (QED) is 0.413. The molecule has 32 heavy (non-hydrogen) atoms. The summed E-state index contributed by atoms with van der Waals surface area (Å²) in [6.45, 7) is 6.15. The third kappa shape index (κ3) is 5.95. The van der Waals surface area contributed by atoms with Gasteiger partial charge in [0.25, 0.3) is 0 Å². The minimum atomic E-state index is -1.08. The van der Waals surface area contributed by atoms with Gasteiger partial charge in [0.15, 0.2) is 11.6 Å². The molecule has 2 aromatic rings. The number of nitrogens with zero attached hydrogens (tertiary/aromatic N) is 1. The Morgan fingerprint density at radius 1 is 0.938 bits per heavy atom. The van der Waals surface area contributed by atoms with Crippen LogP contribution in [-0.2, 0) is 4.79 Å². The van der Waals surface area contributed by atoms with Gasteiger partial charge in [0.05, 0.1) is 38.3 Å². The molecule has 0 aliphatic heterocycles. The number of quaternary nitrogens is 1. The minimum Gasteiger partial charge on any atom is -0.550 e. The van der Waals surface area contributed by atoms with Crippen LogP contribution in [0.1, 0.15) is 58.5 Å². The number of anilines is 2. The lowest BCUT2D eigenvalue weighted by atomic mass is 9.82. The fourth-order valence-corrected chi connectivity index (χ4v) is 4.03. The number of benzene rings is 2. The maximum absolute atomic E-state index is 13.2. The number of carboxylic acids is 1. The summed E-state index contributed by atoms with van der Waals surface area (Å²) in [5.74, 6) is -1.27. The first-order chi connectivity index (χ1) is 15.1. The number of nitrogens with one attached hydrogen (secondary N) is 2. The average Bonchev–Trinajstić information content (AvgIpc) is 2.74. The number of aliphatic carboxylic acids is 1. The van der Waals surface area contributed by atoms with Crippen molar-refractivity contribution in [1.29, 1.82) is 0 Å². The van der Waals surface area contributed by atoms with E-state index in [9.17, 15) is 9.59 Å². The second-order valence-corrected chi connectivity index (χ2v) is 8.52. The zero-order valence-corrected chi connectivity index (χ0v) is 19.6. The summed E-state index contributed by atoms with van der Waals surface area (Å²) in [6.07, 6.45) is 2.16. The van der Waals surface area contributed by atoms with Gasteiger partial charge in [0, 0.05) is 48.5 Å². The Labute approximate surface area is 190 Å². The van der Waals surface area contributed by atoms with Crippen LogP contribution in [0.3, 0.4) is 0 Å². The fraction of sp³-hybridized carbons (Fsp3) is 0.400. The molecule has 0 saturated heterocycles. The number of fused-ring (bicyclic) bond motifs is 2. The molecule has 7 heteroatoms. The molecule has 7 nitrogen and oxygen atoms in total. The number of carbonyl (C=O) groups excluding carboxylic acids is 3. The van der Waals surface area contributed by atoms with Gasteiger partial charge in [-0.05, 0) is 25.5 Å². The predicted octanol–water partition coefficient (Wildman–Crippen LogP) is 2.55. The molecule has 0 spiro atoms. The van der Waals surface area contributed by atoms with E-state index in [1.165, 1.54) is 0 Å². The van der Waals surface area contributed by atoms with Gasteiger partial charge in [-0.2, -0.15) is 0 Å². The third-order valence-corrected chi connectivity index (χ3v) is 5.43. The monoisotopic (exact) mass is 439 g/mol. The van der Waals surface area contributed by atoms with Gasteiger partial charge in [-0.1, -0.05) is 31.2 Å². The van der Waals surface area contributed by atoms with Crippen molar-refractivity contribution in [2.75, 3.05) is 51.4 Å². The Hall–Kier alpha value is -3.19. The molecule has 0 bridgehead atoms. The van der Waals surface area contributed by atoms with Gasteiger partial charge in [0.1, 0.15) is 0 Å². The molecular weight excluding hydrogens is 406 g/mol. The number of carboxylic acid groups (broad SMARTS) is 1. The van der Waals surface area contributed by atoms with Crippen LogP contribution < -0.4 is 15.7 Å². The lowest BCUT2D eigenvalue weighted by Crippen LogP contribution is -2.41. The highest BCUT2D eigenvalue weighted by atomic mass is 16.4. The molecule has 3 rings (SSSR count). The van der Waals surface area contributed by atoms with Gasteiger partial charge in [-0.3, -0.25) is 9.59 Å². The molecule has 0 fully saturated rings. The van der Waals surface area contributed by atoms with E-state index in [0.29, 0.717) is 27.9 Å². The minimum absolute atomic E-state index is 0.0908. The van der Waals surface area contributed by atoms with Crippen LogP contribution in [0.15, 0.2) is 36.4 Å². The first-order valence-electron chi connectivity index (χ1n) is 10.9. The van der Waals surface area contributed by atoms with Gasteiger partial charge in [-0.15, -0.1) is 0 Å². The standard InChI is InChI=1S/C23H29N3O2.C2H4O2/c1-5-14-26(3,4)15-8-13-25-19-12-11-18(24-2)20-21(19)23(28)17-10-7-6-9-16(17)22(20)27;1-2(3)4/h6-7,9-12H,5,8,13-15H2,1-4H3,(H-,24,25,27,28);1H3,(H,3,4). The summed E-state index contributed by atoms with van der Waals surface area (Å²) in [6, 6.07) is 10.8. The second kappa shape index (κ2) is 10.9. The largest absolute Gasteiger partial charge is 0.550 e. The molecule has 0 heterocycles. The fourth-order valence-electron chi connectivity index (χ4n) is 4.03. The summed E-state index contributed by atoms with van der Waals surface area (Å²) < 4.78 is 0.986. The van der Waals surface area contributed by atoms with Crippen LogP contribution in [0.5, 0.6) is 0 Å². The number of carbonyl (C=O) groups is 3. The summed E-state index contributed by atoms with van der Waals surface area (Å²) in [5.41, 5.74) is 3.34. The van der Waals surface area contributed by atoms with Crippen LogP contribution in [0, 0.1) is 0 Å². The van der Waals surface area contributed by atoms with Crippen molar-refractivity contribution >= 4 is 28.9 Å². The maximum Gasteiger partial charge on any atom is 0.196 e. The van der Waals surface area contributed by atoms with Crippen molar-refractivity contribution in [3.8, 4) is 0 Å². The van der Waals surface area contributed by atoms with Crippen molar-refractivity contribution in [1.82, 2.24) is 0 Å². The number of hydrogen-bond donors (Lipinski definition) is 2. The topological polar surface area (TPSA) is 98.3 Å². The van der Waals surface area contributed by atoms with Gasteiger partial charge >= 0.3 is 0 Å². The Bertz CT molecular complexity index is 995. The van der Waals surface area contributed by atoms with Crippen molar-refractivity contribution in [2.45, 2.75) is 26.7 Å². The van der Waals surface area contributed by atoms with Crippen LogP contribution >= 0.6 is 0 Å². The van der Waals surface area contributed by atoms with E-state index in [4.69, 9.17) is 9.90 Å². The first kappa shape index (κ1) is 25.1. The SMILES string of the molecule is CC(=O)[O-].CCC[N+](C)(C)CCCNc1ccc(NC)c2c1C(=O)c1ccccc1C2=O. The molecule has 0 unspecified atom stereocenters. The van der Waals surface area contributed by atoms with E-state index in [1.54, 1.807) is 31.3 Å². The Morgan fingerprint density at radius 3 is 1.94 bits per heavy atom. The number of rotatable bonds is 8. The van der Waals surface area contributed by atoms with E-state index >= 15 is 0 Å². The van der Waals surface area contributed by atoms with Crippen LogP contribution in [0.25, 0.3) is 0 Å². The van der Waals surface area contributed by atoms with Crippen LogP contribution in [0.2, 0.25) is 0 Å². The van der Waals surface area contributed by atoms with Crippen molar-refractivity contribution < 1.29 is 24.0 Å². The molecule has 0 aromatic heterocycles. The lowest BCUT2D eigenvalue weighted by Gasteiger charge is -2.29. The van der Waals surface area contributed by atoms with E-state index in [0.717, 1.165) is 49.6 Å². The summed E-state index contributed by atoms with van der Waals surface area (Å²) in [4.78, 5) is 35.2. The molecule has 0 amide bonds. The van der Waals surface area contributed by atoms with Crippen LogP contribution in [0.4, 0.5) is 11.4 Å². The maximum atomic E-state index is 13.2. The molecule has 172 valence electrons. The Morgan fingerprint density at radius 2 is 1.44 bits per heavy atom. The normalized spacial score (nSPS) is 12.3. The Kier molecular flexibility index (Phi) is 8.55. The second-order valence-electron chi connectivity index (χ2n) is 8.52. The molecular formula is C25H33N3O4. The lowest BCUT2D eigenvalue weighted by molar-refractivity contribution is -0.890. The molecule has 1 aliphatic carbocycles. The average molecular weight is 440 g/mol. The molecule has 2 aromatic carbocycles. The Balaban J connectivity index is 0.000000837. The highest BCUT2D eigenvalue weighted by Gasteiger charge is 2.33. The third-order valence-electron chi connectivity index (χ3n) is 5.43. The molecule has 0 radical (unpaired) electrons. The molecule has 2 N–H and O–H groups in total. The first-order valence-corrected chi connectivity index (χ1v) is 10.9. The van der Waals surface area contributed by atoms with Gasteiger partial charge in [0.2, 0.25) is 0 Å². The summed E-state index contributed by atoms with van der Waals surface area (Å²) in [7, 11) is 6.26. The van der Waals surface area contributed by atoms with Crippen LogP contribution in [-0.4, -0.2) is 62.8 Å². The van der Waals surface area contributed by atoms with Crippen molar-refractivity contribution in [3.05, 3.63) is 58.7 Å². The van der Waals surface area contributed by atoms with E-state index in [2.05, 4.69) is 31.7 Å². The summed E-state index contributed by atoms with van der Waals surface area (Å²) in [5, 5.41) is 15.4. The highest BCUT2D eigenvalue weighted by molar-refractivity contribution is 6.31. The molecule has 0 atom stereocenters. The molecule has 0 saturated carbocycles. The van der Waals surface area contributed by atoms with Crippen molar-refractivity contribution in [2.24, 2.45) is 0 Å². The predicted molar refractivity (Wildman–Crippen MR) is 125 cm³/mol. The molecule has 1 aliphatic rings. The van der Waals surface area contributed by atoms with E-state index < -0.39 is 5.97 Å². The summed E-state index contributed by atoms with van der Waals surface area (Å²) >= 11 is 0. The van der Waals surface area contributed by atoms with Gasteiger partial charge < -0.3 is 25.0 Å². The van der Waals surface area contributed by atoms with Gasteiger partial charge in [-0.25, -0.2) is 0 Å². The number of hydrogen-bond acceptors (Lipinski definition) is 6. The smallest absolute Gasteiger partial charge is 0.196 e. The van der Waals surface area contributed by atoms with E-state index in [-0.39, 0.29) is 11.6 Å². The van der Waals surface area contributed by atoms with E-state index in [1.807, 2.05) is 12.1 Å². The number of ketones is 2. The zero-order chi connectivity index (χ0) is 23.9.